The minimum absolute atomic E-state index is 0.0488. The molecule has 0 spiro atoms. The van der Waals surface area contributed by atoms with Crippen LogP contribution >= 0.6 is 9.24 Å². The van der Waals surface area contributed by atoms with Gasteiger partial charge in [-0.25, -0.2) is 15.0 Å². The second kappa shape index (κ2) is 8.09. The van der Waals surface area contributed by atoms with Crippen LogP contribution in [-0.2, 0) is 16.1 Å². The van der Waals surface area contributed by atoms with Crippen molar-refractivity contribution < 1.29 is 14.7 Å². The van der Waals surface area contributed by atoms with Gasteiger partial charge in [-0.1, -0.05) is 9.24 Å². The molecule has 0 aromatic carbocycles. The van der Waals surface area contributed by atoms with Crippen LogP contribution in [0.15, 0.2) is 12.7 Å². The Balaban J connectivity index is 2.19. The zero-order chi connectivity index (χ0) is 17.7. The lowest BCUT2D eigenvalue weighted by Crippen LogP contribution is -2.46. The fourth-order valence-corrected chi connectivity index (χ4v) is 2.43. The van der Waals surface area contributed by atoms with Gasteiger partial charge < -0.3 is 25.6 Å². The van der Waals surface area contributed by atoms with E-state index >= 15 is 0 Å². The third kappa shape index (κ3) is 4.22. The van der Waals surface area contributed by atoms with Crippen LogP contribution in [0.5, 0.6) is 0 Å². The molecule has 2 aromatic heterocycles. The van der Waals surface area contributed by atoms with Gasteiger partial charge >= 0.3 is 0 Å². The molecule has 24 heavy (non-hydrogen) atoms. The lowest BCUT2D eigenvalue weighted by molar-refractivity contribution is -0.134. The average Bonchev–Trinajstić information content (AvgIpc) is 2.95. The molecule has 4 N–H and O–H groups in total. The quantitative estimate of drug-likeness (QED) is 0.473. The van der Waals surface area contributed by atoms with Gasteiger partial charge in [-0.05, 0) is 7.05 Å². The molecule has 0 saturated heterocycles. The molecule has 0 fully saturated rings. The summed E-state index contributed by atoms with van der Waals surface area (Å²) < 4.78 is 1.54. The number of aromatic nitrogens is 4. The molecule has 0 aliphatic rings. The predicted octanol–water partition coefficient (Wildman–Crippen LogP) is -1.78. The van der Waals surface area contributed by atoms with E-state index in [1.807, 2.05) is 9.24 Å². The maximum absolute atomic E-state index is 12.6. The minimum Gasteiger partial charge on any atom is -0.395 e. The number of likely N-dealkylation sites (N-methyl/N-ethyl adjacent to an activating group) is 1. The first-order valence-electron chi connectivity index (χ1n) is 7.21. The normalized spacial score (nSPS) is 12.3. The predicted molar refractivity (Wildman–Crippen MR) is 91.0 cm³/mol. The SMILES string of the molecule is CNC(CO)CN(CC(=O)P)C(=O)Cn1cnc2c(N)ncnc21. The van der Waals surface area contributed by atoms with E-state index in [0.717, 1.165) is 0 Å². The highest BCUT2D eigenvalue weighted by molar-refractivity contribution is 7.40. The standard InChI is InChI=1S/C13H20N7O3P/c1-15-8(5-21)2-19(4-10(23)24)9(22)3-20-7-18-11-12(14)16-6-17-13(11)20/h6-8,15,21H,2-5,24H2,1H3,(H2,14,16,17). The first-order valence-corrected chi connectivity index (χ1v) is 7.79. The summed E-state index contributed by atoms with van der Waals surface area (Å²) in [6.45, 7) is -0.0585. The Morgan fingerprint density at radius 3 is 2.83 bits per heavy atom. The molecule has 10 nitrogen and oxygen atoms in total. The summed E-state index contributed by atoms with van der Waals surface area (Å²) in [6, 6.07) is -0.323. The first-order chi connectivity index (χ1) is 11.5. The van der Waals surface area contributed by atoms with E-state index in [0.29, 0.717) is 11.2 Å². The number of nitrogen functional groups attached to an aromatic ring is 1. The molecule has 2 unspecified atom stereocenters. The second-order valence-electron chi connectivity index (χ2n) is 5.21. The van der Waals surface area contributed by atoms with Gasteiger partial charge in [0.05, 0.1) is 19.5 Å². The molecular weight excluding hydrogens is 333 g/mol. The van der Waals surface area contributed by atoms with E-state index in [-0.39, 0.29) is 49.5 Å². The summed E-state index contributed by atoms with van der Waals surface area (Å²) in [5.74, 6) is -0.0605. The number of aliphatic hydroxyl groups is 1. The largest absolute Gasteiger partial charge is 0.395 e. The number of carbonyl (C=O) groups excluding carboxylic acids is 2. The van der Waals surface area contributed by atoms with E-state index in [1.165, 1.54) is 17.6 Å². The second-order valence-corrected chi connectivity index (χ2v) is 5.86. The summed E-state index contributed by atoms with van der Waals surface area (Å²) in [6.07, 6.45) is 2.75. The van der Waals surface area contributed by atoms with Gasteiger partial charge in [0.1, 0.15) is 18.4 Å². The highest BCUT2D eigenvalue weighted by Gasteiger charge is 2.20. The third-order valence-electron chi connectivity index (χ3n) is 3.50. The number of nitrogens with two attached hydrogens (primary N) is 1. The highest BCUT2D eigenvalue weighted by atomic mass is 31.0. The van der Waals surface area contributed by atoms with Crippen LogP contribution in [0.1, 0.15) is 0 Å². The Bertz CT molecular complexity index is 731. The van der Waals surface area contributed by atoms with Gasteiger partial charge in [0.2, 0.25) is 5.91 Å². The molecule has 0 aliphatic heterocycles. The average molecular weight is 353 g/mol. The number of fused-ring (bicyclic) bond motifs is 1. The molecule has 0 radical (unpaired) electrons. The lowest BCUT2D eigenvalue weighted by Gasteiger charge is -2.26. The number of nitrogens with one attached hydrogen (secondary N) is 1. The molecule has 1 amide bonds. The van der Waals surface area contributed by atoms with Crippen LogP contribution in [0.4, 0.5) is 5.82 Å². The molecular formula is C13H20N7O3P. The number of aliphatic hydroxyl groups excluding tert-OH is 1. The van der Waals surface area contributed by atoms with Crippen molar-refractivity contribution in [3.63, 3.8) is 0 Å². The van der Waals surface area contributed by atoms with Crippen molar-refractivity contribution in [3.8, 4) is 0 Å². The van der Waals surface area contributed by atoms with Gasteiger partial charge in [0, 0.05) is 12.6 Å². The Kier molecular flexibility index (Phi) is 6.13. The van der Waals surface area contributed by atoms with Crippen molar-refractivity contribution >= 4 is 37.7 Å². The molecule has 0 aliphatic carbocycles. The van der Waals surface area contributed by atoms with E-state index in [1.54, 1.807) is 11.6 Å². The Morgan fingerprint density at radius 2 is 2.21 bits per heavy atom. The molecule has 2 rings (SSSR count). The number of hydrogen-bond donors (Lipinski definition) is 3. The van der Waals surface area contributed by atoms with Crippen molar-refractivity contribution in [3.05, 3.63) is 12.7 Å². The minimum atomic E-state index is -0.323. The van der Waals surface area contributed by atoms with Crippen LogP contribution in [0.25, 0.3) is 11.2 Å². The number of anilines is 1. The van der Waals surface area contributed by atoms with Crippen molar-refractivity contribution in [2.75, 3.05) is 32.5 Å². The smallest absolute Gasteiger partial charge is 0.243 e. The third-order valence-corrected chi connectivity index (χ3v) is 3.69. The van der Waals surface area contributed by atoms with Crippen LogP contribution in [0.3, 0.4) is 0 Å². The lowest BCUT2D eigenvalue weighted by atomic mass is 10.2. The fourth-order valence-electron chi connectivity index (χ4n) is 2.21. The van der Waals surface area contributed by atoms with Gasteiger partial charge in [0.15, 0.2) is 17.0 Å². The van der Waals surface area contributed by atoms with Gasteiger partial charge in [0.25, 0.3) is 0 Å². The van der Waals surface area contributed by atoms with Gasteiger partial charge in [-0.2, -0.15) is 0 Å². The topological polar surface area (TPSA) is 139 Å². The number of carbonyl (C=O) groups is 2. The van der Waals surface area contributed by atoms with Crippen LogP contribution in [0, 0.1) is 0 Å². The van der Waals surface area contributed by atoms with E-state index in [4.69, 9.17) is 5.73 Å². The van der Waals surface area contributed by atoms with Crippen molar-refractivity contribution in [1.29, 1.82) is 0 Å². The number of rotatable bonds is 8. The first kappa shape index (κ1) is 18.2. The molecule has 2 aromatic rings. The van der Waals surface area contributed by atoms with Crippen LogP contribution in [-0.4, -0.2) is 73.7 Å². The maximum atomic E-state index is 12.6. The zero-order valence-corrected chi connectivity index (χ0v) is 14.4. The Morgan fingerprint density at radius 1 is 1.46 bits per heavy atom. The summed E-state index contributed by atoms with van der Waals surface area (Å²) in [4.78, 5) is 37.4. The number of imidazole rings is 1. The van der Waals surface area contributed by atoms with E-state index in [9.17, 15) is 14.7 Å². The summed E-state index contributed by atoms with van der Waals surface area (Å²) in [5.41, 5.74) is 6.36. The molecule has 0 saturated carbocycles. The van der Waals surface area contributed by atoms with Crippen molar-refractivity contribution in [1.82, 2.24) is 29.7 Å². The van der Waals surface area contributed by atoms with Gasteiger partial charge in [-0.3, -0.25) is 9.59 Å². The van der Waals surface area contributed by atoms with E-state index in [2.05, 4.69) is 20.3 Å². The van der Waals surface area contributed by atoms with E-state index < -0.39 is 0 Å². The molecule has 2 heterocycles. The summed E-state index contributed by atoms with van der Waals surface area (Å²) in [5, 5.41) is 12.2. The molecule has 11 heteroatoms. The molecule has 2 atom stereocenters. The highest BCUT2D eigenvalue weighted by Crippen LogP contribution is 2.14. The van der Waals surface area contributed by atoms with Gasteiger partial charge in [-0.15, -0.1) is 0 Å². The number of nitrogens with zero attached hydrogens (tertiary/aromatic N) is 5. The maximum Gasteiger partial charge on any atom is 0.243 e. The molecule has 0 bridgehead atoms. The number of hydrogen-bond acceptors (Lipinski definition) is 8. The van der Waals surface area contributed by atoms with Crippen molar-refractivity contribution in [2.24, 2.45) is 0 Å². The van der Waals surface area contributed by atoms with Crippen molar-refractivity contribution in [2.45, 2.75) is 12.6 Å². The fraction of sp³-hybridized carbons (Fsp3) is 0.462. The summed E-state index contributed by atoms with van der Waals surface area (Å²) in [7, 11) is 3.72. The summed E-state index contributed by atoms with van der Waals surface area (Å²) >= 11 is 0. The Hall–Kier alpha value is -2.16. The van der Waals surface area contributed by atoms with Crippen LogP contribution in [0.2, 0.25) is 0 Å². The van der Waals surface area contributed by atoms with Crippen LogP contribution < -0.4 is 11.1 Å². The molecule has 130 valence electrons. The Labute approximate surface area is 140 Å². The monoisotopic (exact) mass is 353 g/mol. The number of amides is 1. The zero-order valence-electron chi connectivity index (χ0n) is 13.2.